The average Bonchev–Trinajstić information content (AvgIpc) is 3.03. The van der Waals surface area contributed by atoms with Crippen LogP contribution in [0.2, 0.25) is 0 Å². The van der Waals surface area contributed by atoms with E-state index in [1.54, 1.807) is 7.05 Å². The standard InChI is InChI=1S/C19H29N3O4S.HI/c1-15-12-22(13-17(15)18(23)26-3)19(20-2)21-10-7-11-27(24,25)14-16-8-5-4-6-9-16;/h4-6,8-9,15,17H,7,10-14H2,1-3H3,(H,20,21);1H. The molecule has 2 unspecified atom stereocenters. The van der Waals surface area contributed by atoms with Gasteiger partial charge in [0.05, 0.1) is 24.5 Å². The Balaban J connectivity index is 0.00000392. The summed E-state index contributed by atoms with van der Waals surface area (Å²) in [5.74, 6) is 0.684. The number of likely N-dealkylation sites (tertiary alicyclic amines) is 1. The van der Waals surface area contributed by atoms with Crippen LogP contribution in [-0.4, -0.2) is 64.8 Å². The molecule has 1 saturated heterocycles. The predicted molar refractivity (Wildman–Crippen MR) is 122 cm³/mol. The highest BCUT2D eigenvalue weighted by molar-refractivity contribution is 14.0. The molecule has 1 aliphatic rings. The predicted octanol–water partition coefficient (Wildman–Crippen LogP) is 1.93. The number of aliphatic imine (C=N–C) groups is 1. The summed E-state index contributed by atoms with van der Waals surface area (Å²) in [7, 11) is -0.0566. The number of ether oxygens (including phenoxy) is 1. The molecule has 0 amide bonds. The molecule has 0 radical (unpaired) electrons. The molecular weight excluding hydrogens is 493 g/mol. The van der Waals surface area contributed by atoms with Gasteiger partial charge in [-0.3, -0.25) is 9.79 Å². The lowest BCUT2D eigenvalue weighted by Crippen LogP contribution is -2.41. The number of halogens is 1. The molecule has 0 bridgehead atoms. The molecule has 158 valence electrons. The molecule has 2 atom stereocenters. The highest BCUT2D eigenvalue weighted by Gasteiger charge is 2.36. The average molecular weight is 523 g/mol. The van der Waals surface area contributed by atoms with Crippen LogP contribution < -0.4 is 5.32 Å². The van der Waals surface area contributed by atoms with E-state index in [1.165, 1.54) is 7.11 Å². The maximum atomic E-state index is 12.2. The summed E-state index contributed by atoms with van der Waals surface area (Å²) in [5, 5.41) is 3.21. The van der Waals surface area contributed by atoms with Gasteiger partial charge in [-0.05, 0) is 17.9 Å². The van der Waals surface area contributed by atoms with Gasteiger partial charge in [0.2, 0.25) is 0 Å². The van der Waals surface area contributed by atoms with Crippen molar-refractivity contribution in [3.05, 3.63) is 35.9 Å². The number of hydrogen-bond donors (Lipinski definition) is 1. The Bertz CT molecular complexity index is 756. The molecule has 2 rings (SSSR count). The largest absolute Gasteiger partial charge is 0.469 e. The van der Waals surface area contributed by atoms with Crippen molar-refractivity contribution in [2.45, 2.75) is 19.1 Å². The van der Waals surface area contributed by atoms with Gasteiger partial charge in [0.25, 0.3) is 0 Å². The maximum absolute atomic E-state index is 12.2. The summed E-state index contributed by atoms with van der Waals surface area (Å²) < 4.78 is 29.3. The summed E-state index contributed by atoms with van der Waals surface area (Å²) in [6.45, 7) is 3.80. The van der Waals surface area contributed by atoms with E-state index >= 15 is 0 Å². The molecule has 0 saturated carbocycles. The number of nitrogens with one attached hydrogen (secondary N) is 1. The SMILES string of the molecule is CN=C(NCCCS(=O)(=O)Cc1ccccc1)N1CC(C)C(C(=O)OC)C1.I. The third kappa shape index (κ3) is 7.23. The van der Waals surface area contributed by atoms with Crippen LogP contribution in [0.4, 0.5) is 0 Å². The molecule has 1 aromatic rings. The first kappa shape index (κ1) is 24.7. The second-order valence-corrected chi connectivity index (χ2v) is 9.10. The summed E-state index contributed by atoms with van der Waals surface area (Å²) >= 11 is 0. The fourth-order valence-corrected chi connectivity index (χ4v) is 4.75. The van der Waals surface area contributed by atoms with Crippen molar-refractivity contribution in [3.8, 4) is 0 Å². The number of rotatable bonds is 7. The second-order valence-electron chi connectivity index (χ2n) is 6.92. The van der Waals surface area contributed by atoms with Crippen LogP contribution in [0, 0.1) is 11.8 Å². The molecule has 1 aliphatic heterocycles. The topological polar surface area (TPSA) is 88.1 Å². The quantitative estimate of drug-likeness (QED) is 0.193. The van der Waals surface area contributed by atoms with Crippen LogP contribution in [-0.2, 0) is 25.1 Å². The van der Waals surface area contributed by atoms with E-state index in [0.29, 0.717) is 32.0 Å². The third-order valence-electron chi connectivity index (χ3n) is 4.77. The molecule has 9 heteroatoms. The fourth-order valence-electron chi connectivity index (χ4n) is 3.32. The number of esters is 1. The number of guanidine groups is 1. The van der Waals surface area contributed by atoms with Crippen LogP contribution in [0.3, 0.4) is 0 Å². The Morgan fingerprint density at radius 3 is 2.57 bits per heavy atom. The van der Waals surface area contributed by atoms with E-state index in [1.807, 2.05) is 42.2 Å². The number of methoxy groups -OCH3 is 1. The third-order valence-corrected chi connectivity index (χ3v) is 6.46. The second kappa shape index (κ2) is 11.6. The minimum Gasteiger partial charge on any atom is -0.469 e. The van der Waals surface area contributed by atoms with Crippen molar-refractivity contribution in [1.29, 1.82) is 0 Å². The van der Waals surface area contributed by atoms with Gasteiger partial charge in [0.1, 0.15) is 0 Å². The Kier molecular flexibility index (Phi) is 10.2. The van der Waals surface area contributed by atoms with E-state index < -0.39 is 9.84 Å². The van der Waals surface area contributed by atoms with Gasteiger partial charge in [0, 0.05) is 26.7 Å². The van der Waals surface area contributed by atoms with E-state index in [9.17, 15) is 13.2 Å². The fraction of sp³-hybridized carbons (Fsp3) is 0.579. The number of nitrogens with zero attached hydrogens (tertiary/aromatic N) is 2. The number of benzene rings is 1. The molecule has 7 nitrogen and oxygen atoms in total. The van der Waals surface area contributed by atoms with Crippen LogP contribution >= 0.6 is 24.0 Å². The summed E-state index contributed by atoms with van der Waals surface area (Å²) in [6.07, 6.45) is 0.498. The zero-order valence-electron chi connectivity index (χ0n) is 16.6. The first-order valence-electron chi connectivity index (χ1n) is 9.14. The van der Waals surface area contributed by atoms with E-state index in [2.05, 4.69) is 10.3 Å². The number of sulfone groups is 1. The monoisotopic (exact) mass is 523 g/mol. The molecule has 1 aromatic carbocycles. The molecule has 1 heterocycles. The normalized spacial score (nSPS) is 19.8. The van der Waals surface area contributed by atoms with Crippen LogP contribution in [0.1, 0.15) is 18.9 Å². The van der Waals surface area contributed by atoms with Crippen molar-refractivity contribution in [2.24, 2.45) is 16.8 Å². The molecule has 1 fully saturated rings. The van der Waals surface area contributed by atoms with Gasteiger partial charge >= 0.3 is 5.97 Å². The Morgan fingerprint density at radius 1 is 1.29 bits per heavy atom. The minimum atomic E-state index is -3.15. The van der Waals surface area contributed by atoms with Gasteiger partial charge in [-0.25, -0.2) is 8.42 Å². The Labute approximate surface area is 184 Å². The van der Waals surface area contributed by atoms with E-state index in [-0.39, 0.29) is 53.3 Å². The van der Waals surface area contributed by atoms with Crippen molar-refractivity contribution < 1.29 is 17.9 Å². The van der Waals surface area contributed by atoms with Crippen LogP contribution in [0.25, 0.3) is 0 Å². The lowest BCUT2D eigenvalue weighted by molar-refractivity contribution is -0.145. The number of hydrogen-bond acceptors (Lipinski definition) is 5. The number of carbonyl (C=O) groups is 1. The van der Waals surface area contributed by atoms with Gasteiger partial charge < -0.3 is 15.0 Å². The molecule has 0 spiro atoms. The molecule has 1 N–H and O–H groups in total. The number of carbonyl (C=O) groups excluding carboxylic acids is 1. The Morgan fingerprint density at radius 2 is 1.96 bits per heavy atom. The lowest BCUT2D eigenvalue weighted by atomic mass is 9.99. The molecular formula is C19H30IN3O4S. The van der Waals surface area contributed by atoms with Gasteiger partial charge in [-0.2, -0.15) is 0 Å². The van der Waals surface area contributed by atoms with Gasteiger partial charge in [-0.1, -0.05) is 37.3 Å². The molecule has 0 aromatic heterocycles. The van der Waals surface area contributed by atoms with E-state index in [4.69, 9.17) is 4.74 Å². The lowest BCUT2D eigenvalue weighted by Gasteiger charge is -2.21. The molecule has 0 aliphatic carbocycles. The molecule has 28 heavy (non-hydrogen) atoms. The highest BCUT2D eigenvalue weighted by atomic mass is 127. The van der Waals surface area contributed by atoms with Gasteiger partial charge in [-0.15, -0.1) is 24.0 Å². The van der Waals surface area contributed by atoms with Crippen molar-refractivity contribution in [1.82, 2.24) is 10.2 Å². The van der Waals surface area contributed by atoms with Crippen LogP contribution in [0.15, 0.2) is 35.3 Å². The summed E-state index contributed by atoms with van der Waals surface area (Å²) in [5.41, 5.74) is 0.807. The first-order valence-corrected chi connectivity index (χ1v) is 11.0. The zero-order chi connectivity index (χ0) is 19.9. The van der Waals surface area contributed by atoms with E-state index in [0.717, 1.165) is 5.56 Å². The van der Waals surface area contributed by atoms with Crippen molar-refractivity contribution >= 4 is 45.7 Å². The minimum absolute atomic E-state index is 0. The first-order chi connectivity index (χ1) is 12.9. The van der Waals surface area contributed by atoms with Crippen molar-refractivity contribution in [3.63, 3.8) is 0 Å². The Hall–Kier alpha value is -1.36. The smallest absolute Gasteiger partial charge is 0.310 e. The van der Waals surface area contributed by atoms with Crippen LogP contribution in [0.5, 0.6) is 0 Å². The summed E-state index contributed by atoms with van der Waals surface area (Å²) in [6, 6.07) is 9.20. The summed E-state index contributed by atoms with van der Waals surface area (Å²) in [4.78, 5) is 18.1. The maximum Gasteiger partial charge on any atom is 0.310 e. The highest BCUT2D eigenvalue weighted by Crippen LogP contribution is 2.24. The van der Waals surface area contributed by atoms with Gasteiger partial charge in [0.15, 0.2) is 15.8 Å². The zero-order valence-corrected chi connectivity index (χ0v) is 19.8. The van der Waals surface area contributed by atoms with Crippen molar-refractivity contribution in [2.75, 3.05) is 39.5 Å².